The SMILES string of the molecule is C=Cc1cccc(C(C(=O)NCCC(=O)OCC)N(CC)C(=O)CNC(=O)OC(C)(C)C)c1. The van der Waals surface area contributed by atoms with E-state index in [0.29, 0.717) is 5.56 Å². The van der Waals surface area contributed by atoms with Crippen molar-refractivity contribution >= 4 is 30.0 Å². The van der Waals surface area contributed by atoms with Gasteiger partial charge in [0.1, 0.15) is 18.2 Å². The number of esters is 1. The van der Waals surface area contributed by atoms with Crippen molar-refractivity contribution in [1.29, 1.82) is 0 Å². The van der Waals surface area contributed by atoms with Crippen molar-refractivity contribution in [2.75, 3.05) is 26.2 Å². The molecule has 3 amide bonds. The van der Waals surface area contributed by atoms with Gasteiger partial charge in [0.2, 0.25) is 11.8 Å². The van der Waals surface area contributed by atoms with Crippen LogP contribution in [0.5, 0.6) is 0 Å². The second kappa shape index (κ2) is 13.2. The van der Waals surface area contributed by atoms with E-state index in [-0.39, 0.29) is 32.7 Å². The molecule has 1 unspecified atom stereocenters. The summed E-state index contributed by atoms with van der Waals surface area (Å²) in [5.74, 6) is -1.33. The first-order valence-corrected chi connectivity index (χ1v) is 10.9. The Bertz CT molecular complexity index is 847. The van der Waals surface area contributed by atoms with Crippen molar-refractivity contribution in [3.63, 3.8) is 0 Å². The number of carbonyl (C=O) groups is 4. The van der Waals surface area contributed by atoms with Gasteiger partial charge in [-0.05, 0) is 51.8 Å². The summed E-state index contributed by atoms with van der Waals surface area (Å²) in [5, 5.41) is 5.13. The molecule has 0 bridgehead atoms. The van der Waals surface area contributed by atoms with Gasteiger partial charge in [-0.1, -0.05) is 30.9 Å². The highest BCUT2D eigenvalue weighted by atomic mass is 16.6. The van der Waals surface area contributed by atoms with E-state index in [1.807, 2.05) is 6.07 Å². The van der Waals surface area contributed by atoms with Gasteiger partial charge in [-0.3, -0.25) is 14.4 Å². The van der Waals surface area contributed by atoms with Crippen LogP contribution < -0.4 is 10.6 Å². The molecule has 1 aromatic rings. The van der Waals surface area contributed by atoms with Gasteiger partial charge in [0, 0.05) is 13.1 Å². The Morgan fingerprint density at radius 1 is 1.15 bits per heavy atom. The average Bonchev–Trinajstić information content (AvgIpc) is 2.74. The number of ether oxygens (including phenoxy) is 2. The number of likely N-dealkylation sites (N-methyl/N-ethyl adjacent to an activating group) is 1. The number of carbonyl (C=O) groups excluding carboxylic acids is 4. The van der Waals surface area contributed by atoms with Crippen molar-refractivity contribution in [2.45, 2.75) is 52.7 Å². The van der Waals surface area contributed by atoms with Gasteiger partial charge < -0.3 is 25.0 Å². The average molecular weight is 462 g/mol. The second-order valence-corrected chi connectivity index (χ2v) is 8.16. The molecule has 0 saturated carbocycles. The van der Waals surface area contributed by atoms with Crippen LogP contribution in [0.3, 0.4) is 0 Å². The standard InChI is InChI=1S/C24H35N3O6/c1-7-17-11-10-12-18(15-17)21(22(30)25-14-13-20(29)32-9-3)27(8-2)19(28)16-26-23(31)33-24(4,5)6/h7,10-12,15,21H,1,8-9,13-14,16H2,2-6H3,(H,25,30)(H,26,31). The lowest BCUT2D eigenvalue weighted by Crippen LogP contribution is -2.48. The molecule has 0 aliphatic rings. The van der Waals surface area contributed by atoms with E-state index in [9.17, 15) is 19.2 Å². The first kappa shape index (κ1) is 27.7. The third kappa shape index (κ3) is 9.76. The van der Waals surface area contributed by atoms with Crippen molar-refractivity contribution < 1.29 is 28.7 Å². The first-order chi connectivity index (χ1) is 15.5. The first-order valence-electron chi connectivity index (χ1n) is 10.9. The predicted molar refractivity (Wildman–Crippen MR) is 125 cm³/mol. The Hall–Kier alpha value is -3.36. The molecular formula is C24H35N3O6. The Kier molecular flexibility index (Phi) is 11.1. The summed E-state index contributed by atoms with van der Waals surface area (Å²) in [5.41, 5.74) is 0.657. The highest BCUT2D eigenvalue weighted by Gasteiger charge is 2.31. The molecule has 0 saturated heterocycles. The van der Waals surface area contributed by atoms with E-state index in [0.717, 1.165) is 5.56 Å². The van der Waals surface area contributed by atoms with Crippen molar-refractivity contribution in [3.8, 4) is 0 Å². The number of hydrogen-bond donors (Lipinski definition) is 2. The third-order valence-corrected chi connectivity index (χ3v) is 4.40. The molecule has 9 nitrogen and oxygen atoms in total. The number of hydrogen-bond acceptors (Lipinski definition) is 6. The van der Waals surface area contributed by atoms with Gasteiger partial charge >= 0.3 is 12.1 Å². The van der Waals surface area contributed by atoms with Crippen LogP contribution in [0.4, 0.5) is 4.79 Å². The van der Waals surface area contributed by atoms with Crippen LogP contribution in [-0.2, 0) is 23.9 Å². The summed E-state index contributed by atoms with van der Waals surface area (Å²) < 4.78 is 10.0. The van der Waals surface area contributed by atoms with E-state index in [2.05, 4.69) is 17.2 Å². The number of benzene rings is 1. The highest BCUT2D eigenvalue weighted by molar-refractivity contribution is 5.90. The molecule has 1 atom stereocenters. The maximum Gasteiger partial charge on any atom is 0.408 e. The lowest BCUT2D eigenvalue weighted by atomic mass is 10.0. The minimum absolute atomic E-state index is 0.0132. The van der Waals surface area contributed by atoms with Gasteiger partial charge in [0.25, 0.3) is 0 Å². The fourth-order valence-corrected chi connectivity index (χ4v) is 3.01. The number of nitrogens with zero attached hydrogens (tertiary/aromatic N) is 1. The van der Waals surface area contributed by atoms with Crippen molar-refractivity contribution in [3.05, 3.63) is 42.0 Å². The number of amides is 3. The molecular weight excluding hydrogens is 426 g/mol. The van der Waals surface area contributed by atoms with Gasteiger partial charge in [-0.15, -0.1) is 0 Å². The summed E-state index contributed by atoms with van der Waals surface area (Å²) in [4.78, 5) is 51.0. The maximum atomic E-state index is 13.1. The fraction of sp³-hybridized carbons (Fsp3) is 0.500. The molecule has 182 valence electrons. The summed E-state index contributed by atoms with van der Waals surface area (Å²) >= 11 is 0. The van der Waals surface area contributed by atoms with Gasteiger partial charge in [0.05, 0.1) is 13.0 Å². The van der Waals surface area contributed by atoms with E-state index in [1.54, 1.807) is 58.9 Å². The predicted octanol–water partition coefficient (Wildman–Crippen LogP) is 2.81. The monoisotopic (exact) mass is 461 g/mol. The van der Waals surface area contributed by atoms with E-state index in [1.165, 1.54) is 4.90 Å². The Morgan fingerprint density at radius 3 is 2.42 bits per heavy atom. The van der Waals surface area contributed by atoms with Crippen LogP contribution in [0.15, 0.2) is 30.8 Å². The Balaban J connectivity index is 3.04. The highest BCUT2D eigenvalue weighted by Crippen LogP contribution is 2.23. The lowest BCUT2D eigenvalue weighted by molar-refractivity contribution is -0.143. The van der Waals surface area contributed by atoms with Crippen LogP contribution in [0.1, 0.15) is 58.2 Å². The van der Waals surface area contributed by atoms with Crippen LogP contribution >= 0.6 is 0 Å². The van der Waals surface area contributed by atoms with Crippen molar-refractivity contribution in [1.82, 2.24) is 15.5 Å². The fourth-order valence-electron chi connectivity index (χ4n) is 3.01. The van der Waals surface area contributed by atoms with E-state index in [4.69, 9.17) is 9.47 Å². The second-order valence-electron chi connectivity index (χ2n) is 8.16. The van der Waals surface area contributed by atoms with Crippen molar-refractivity contribution in [2.24, 2.45) is 0 Å². The number of rotatable bonds is 11. The zero-order chi connectivity index (χ0) is 25.0. The summed E-state index contributed by atoms with van der Waals surface area (Å²) in [6.07, 6.45) is 0.927. The summed E-state index contributed by atoms with van der Waals surface area (Å²) in [7, 11) is 0. The smallest absolute Gasteiger partial charge is 0.408 e. The summed E-state index contributed by atoms with van der Waals surface area (Å²) in [6.45, 7) is 12.5. The zero-order valence-electron chi connectivity index (χ0n) is 20.1. The Morgan fingerprint density at radius 2 is 1.85 bits per heavy atom. The molecule has 0 aliphatic heterocycles. The lowest BCUT2D eigenvalue weighted by Gasteiger charge is -2.31. The van der Waals surface area contributed by atoms with Crippen LogP contribution in [0.25, 0.3) is 6.08 Å². The minimum Gasteiger partial charge on any atom is -0.466 e. The quantitative estimate of drug-likeness (QED) is 0.490. The molecule has 1 rings (SSSR count). The third-order valence-electron chi connectivity index (χ3n) is 4.40. The topological polar surface area (TPSA) is 114 Å². The molecule has 0 radical (unpaired) electrons. The van der Waals surface area contributed by atoms with Crippen LogP contribution in [-0.4, -0.2) is 60.6 Å². The van der Waals surface area contributed by atoms with Gasteiger partial charge in [0.15, 0.2) is 0 Å². The molecule has 0 aromatic heterocycles. The Labute approximate surface area is 195 Å². The molecule has 9 heteroatoms. The molecule has 0 aliphatic carbocycles. The van der Waals surface area contributed by atoms with Gasteiger partial charge in [-0.2, -0.15) is 0 Å². The molecule has 2 N–H and O–H groups in total. The van der Waals surface area contributed by atoms with E-state index < -0.39 is 35.5 Å². The summed E-state index contributed by atoms with van der Waals surface area (Å²) in [6, 6.07) is 6.13. The van der Waals surface area contributed by atoms with Crippen LogP contribution in [0, 0.1) is 0 Å². The van der Waals surface area contributed by atoms with Crippen LogP contribution in [0.2, 0.25) is 0 Å². The molecule has 0 fully saturated rings. The van der Waals surface area contributed by atoms with Gasteiger partial charge in [-0.25, -0.2) is 4.79 Å². The maximum absolute atomic E-state index is 13.1. The van der Waals surface area contributed by atoms with E-state index >= 15 is 0 Å². The number of alkyl carbamates (subject to hydrolysis) is 1. The molecule has 33 heavy (non-hydrogen) atoms. The molecule has 1 aromatic carbocycles. The number of nitrogens with one attached hydrogen (secondary N) is 2. The largest absolute Gasteiger partial charge is 0.466 e. The molecule has 0 spiro atoms. The zero-order valence-corrected chi connectivity index (χ0v) is 20.1. The molecule has 0 heterocycles. The normalized spacial score (nSPS) is 11.7. The minimum atomic E-state index is -0.968.